The summed E-state index contributed by atoms with van der Waals surface area (Å²) in [5.41, 5.74) is 4.33. The van der Waals surface area contributed by atoms with Gasteiger partial charge in [-0.1, -0.05) is 18.2 Å². The molecule has 0 bridgehead atoms. The molecular weight excluding hydrogens is 449 g/mol. The number of para-hydroxylation sites is 1. The van der Waals surface area contributed by atoms with Crippen LogP contribution in [0.1, 0.15) is 44.2 Å². The Bertz CT molecular complexity index is 1190. The monoisotopic (exact) mass is 480 g/mol. The summed E-state index contributed by atoms with van der Waals surface area (Å²) in [5, 5.41) is 8.34. The minimum atomic E-state index is -5.08. The van der Waals surface area contributed by atoms with E-state index in [1.54, 1.807) is 0 Å². The lowest BCUT2D eigenvalue weighted by molar-refractivity contribution is -0.192. The van der Waals surface area contributed by atoms with Gasteiger partial charge in [-0.2, -0.15) is 13.2 Å². The molecule has 0 radical (unpaired) electrons. The van der Waals surface area contributed by atoms with Gasteiger partial charge in [0, 0.05) is 50.7 Å². The number of nitrogens with zero attached hydrogens (tertiary/aromatic N) is 4. The molecule has 2 aromatic heterocycles. The van der Waals surface area contributed by atoms with Crippen LogP contribution < -0.4 is 0 Å². The van der Waals surface area contributed by atoms with Crippen molar-refractivity contribution in [3.8, 4) is 0 Å². The molecule has 0 aliphatic carbocycles. The number of fused-ring (bicyclic) bond motifs is 3. The van der Waals surface area contributed by atoms with Gasteiger partial charge in [0.15, 0.2) is 0 Å². The smallest absolute Gasteiger partial charge is 0.475 e. The maximum Gasteiger partial charge on any atom is 0.490 e. The van der Waals surface area contributed by atoms with E-state index in [4.69, 9.17) is 9.90 Å². The first-order chi connectivity index (χ1) is 15.8. The molecule has 4 rings (SSSR count). The van der Waals surface area contributed by atoms with E-state index in [-0.39, 0.29) is 11.9 Å². The highest BCUT2D eigenvalue weighted by molar-refractivity contribution is 6.10. The zero-order chi connectivity index (χ0) is 25.4. The van der Waals surface area contributed by atoms with Crippen molar-refractivity contribution in [2.75, 3.05) is 26.2 Å². The van der Waals surface area contributed by atoms with Crippen molar-refractivity contribution in [3.63, 3.8) is 0 Å². The Balaban J connectivity index is 0.000000406. The summed E-state index contributed by atoms with van der Waals surface area (Å²) in [7, 11) is 2.09. The number of halogens is 3. The number of carboxylic acids is 1. The Hall–Kier alpha value is -3.01. The van der Waals surface area contributed by atoms with E-state index >= 15 is 0 Å². The quantitative estimate of drug-likeness (QED) is 0.599. The Kier molecular flexibility index (Phi) is 7.30. The van der Waals surface area contributed by atoms with Gasteiger partial charge in [-0.15, -0.1) is 0 Å². The van der Waals surface area contributed by atoms with E-state index in [1.807, 2.05) is 4.90 Å². The Morgan fingerprint density at radius 3 is 2.00 bits per heavy atom. The number of alkyl halides is 3. The third kappa shape index (κ3) is 4.91. The molecule has 1 saturated heterocycles. The van der Waals surface area contributed by atoms with Gasteiger partial charge in [0.1, 0.15) is 5.69 Å². The third-order valence-electron chi connectivity index (χ3n) is 6.21. The molecular formula is C24H31F3N4O3. The zero-order valence-electron chi connectivity index (χ0n) is 20.1. The number of rotatable bonds is 3. The summed E-state index contributed by atoms with van der Waals surface area (Å²) in [4.78, 5) is 26.8. The van der Waals surface area contributed by atoms with E-state index in [9.17, 15) is 18.0 Å². The van der Waals surface area contributed by atoms with Crippen LogP contribution >= 0.6 is 0 Å². The molecule has 1 aliphatic rings. The predicted molar refractivity (Wildman–Crippen MR) is 125 cm³/mol. The van der Waals surface area contributed by atoms with Gasteiger partial charge >= 0.3 is 12.1 Å². The normalized spacial score (nSPS) is 15.3. The number of aryl methyl sites for hydroxylation is 1. The molecule has 186 valence electrons. The first-order valence-corrected chi connectivity index (χ1v) is 11.3. The van der Waals surface area contributed by atoms with Crippen LogP contribution in [-0.2, 0) is 11.8 Å². The van der Waals surface area contributed by atoms with E-state index < -0.39 is 12.1 Å². The van der Waals surface area contributed by atoms with Crippen molar-refractivity contribution in [2.24, 2.45) is 7.05 Å². The average molecular weight is 481 g/mol. The van der Waals surface area contributed by atoms with Crippen LogP contribution in [-0.4, -0.2) is 74.3 Å². The summed E-state index contributed by atoms with van der Waals surface area (Å²) in [6, 6.07) is 11.3. The van der Waals surface area contributed by atoms with Crippen LogP contribution in [0.5, 0.6) is 0 Å². The molecule has 3 heterocycles. The topological polar surface area (TPSA) is 70.7 Å². The van der Waals surface area contributed by atoms with Gasteiger partial charge in [-0.3, -0.25) is 9.69 Å². The highest BCUT2D eigenvalue weighted by atomic mass is 19.4. The molecule has 0 unspecified atom stereocenters. The Morgan fingerprint density at radius 1 is 0.941 bits per heavy atom. The minimum absolute atomic E-state index is 0.160. The fourth-order valence-electron chi connectivity index (χ4n) is 4.44. The van der Waals surface area contributed by atoms with Gasteiger partial charge < -0.3 is 19.1 Å². The number of aromatic nitrogens is 2. The predicted octanol–water partition coefficient (Wildman–Crippen LogP) is 4.51. The maximum absolute atomic E-state index is 13.4. The summed E-state index contributed by atoms with van der Waals surface area (Å²) in [5.74, 6) is -2.60. The van der Waals surface area contributed by atoms with Crippen LogP contribution in [0.2, 0.25) is 0 Å². The van der Waals surface area contributed by atoms with Crippen LogP contribution in [0.4, 0.5) is 13.2 Å². The van der Waals surface area contributed by atoms with Crippen molar-refractivity contribution < 1.29 is 27.9 Å². The molecule has 0 atom stereocenters. The van der Waals surface area contributed by atoms with Gasteiger partial charge in [0.05, 0.1) is 16.6 Å². The van der Waals surface area contributed by atoms with Crippen LogP contribution in [0.25, 0.3) is 21.9 Å². The molecule has 3 aromatic rings. The van der Waals surface area contributed by atoms with Crippen molar-refractivity contribution in [1.82, 2.24) is 18.9 Å². The lowest BCUT2D eigenvalue weighted by atomic mass is 10.2. The Labute approximate surface area is 196 Å². The number of hydrogen-bond acceptors (Lipinski definition) is 3. The van der Waals surface area contributed by atoms with Crippen LogP contribution in [0, 0.1) is 0 Å². The van der Waals surface area contributed by atoms with Crippen molar-refractivity contribution >= 4 is 33.8 Å². The average Bonchev–Trinajstić information content (AvgIpc) is 3.29. The largest absolute Gasteiger partial charge is 0.490 e. The number of amides is 1. The number of benzene rings is 1. The second-order valence-corrected chi connectivity index (χ2v) is 9.03. The number of piperazine rings is 1. The molecule has 1 fully saturated rings. The molecule has 7 nitrogen and oxygen atoms in total. The third-order valence-corrected chi connectivity index (χ3v) is 6.21. The first-order valence-electron chi connectivity index (χ1n) is 11.3. The molecule has 1 aromatic carbocycles. The van der Waals surface area contributed by atoms with E-state index in [2.05, 4.69) is 79.1 Å². The minimum Gasteiger partial charge on any atom is -0.475 e. The molecule has 0 saturated carbocycles. The van der Waals surface area contributed by atoms with Gasteiger partial charge in [-0.25, -0.2) is 4.79 Å². The van der Waals surface area contributed by atoms with E-state index in [1.165, 1.54) is 16.4 Å². The van der Waals surface area contributed by atoms with Crippen LogP contribution in [0.3, 0.4) is 0 Å². The standard InChI is InChI=1S/C22H30N4O.C2HF3O2/c1-15(2)24-10-12-25(13-11-24)22(27)20-14-19-21(26(20)16(3)4)17-8-6-7-9-18(17)23(19)5;3-2(4,5)1(6)7/h6-9,14-16H,10-13H2,1-5H3;(H,6,7). The molecule has 1 amide bonds. The van der Waals surface area contributed by atoms with Gasteiger partial charge in [0.25, 0.3) is 5.91 Å². The highest BCUT2D eigenvalue weighted by Gasteiger charge is 2.38. The van der Waals surface area contributed by atoms with Crippen molar-refractivity contribution in [2.45, 2.75) is 46.0 Å². The SMILES string of the molecule is CC(C)N1CCN(C(=O)c2cc3c(c4ccccc4n3C)n2C(C)C)CC1.O=C(O)C(F)(F)F. The molecule has 34 heavy (non-hydrogen) atoms. The zero-order valence-corrected chi connectivity index (χ0v) is 20.1. The summed E-state index contributed by atoms with van der Waals surface area (Å²) in [6.45, 7) is 12.3. The maximum atomic E-state index is 13.4. The first kappa shape index (κ1) is 25.6. The number of carboxylic acid groups (broad SMARTS) is 1. The van der Waals surface area contributed by atoms with Crippen molar-refractivity contribution in [3.05, 3.63) is 36.0 Å². The number of hydrogen-bond donors (Lipinski definition) is 1. The summed E-state index contributed by atoms with van der Waals surface area (Å²) >= 11 is 0. The lowest BCUT2D eigenvalue weighted by Crippen LogP contribution is -2.51. The molecule has 0 spiro atoms. The highest BCUT2D eigenvalue weighted by Crippen LogP contribution is 2.33. The fourth-order valence-corrected chi connectivity index (χ4v) is 4.44. The van der Waals surface area contributed by atoms with Crippen molar-refractivity contribution in [1.29, 1.82) is 0 Å². The molecule has 10 heteroatoms. The van der Waals surface area contributed by atoms with Gasteiger partial charge in [0.2, 0.25) is 0 Å². The van der Waals surface area contributed by atoms with E-state index in [0.717, 1.165) is 37.4 Å². The summed E-state index contributed by atoms with van der Waals surface area (Å²) in [6.07, 6.45) is -5.08. The second-order valence-electron chi connectivity index (χ2n) is 9.03. The molecule has 1 aliphatic heterocycles. The van der Waals surface area contributed by atoms with Crippen LogP contribution in [0.15, 0.2) is 30.3 Å². The lowest BCUT2D eigenvalue weighted by Gasteiger charge is -2.37. The second kappa shape index (κ2) is 9.69. The van der Waals surface area contributed by atoms with E-state index in [0.29, 0.717) is 6.04 Å². The summed E-state index contributed by atoms with van der Waals surface area (Å²) < 4.78 is 36.2. The molecule has 1 N–H and O–H groups in total. The Morgan fingerprint density at radius 2 is 1.50 bits per heavy atom. The fraction of sp³-hybridized carbons (Fsp3) is 0.500. The van der Waals surface area contributed by atoms with Gasteiger partial charge in [-0.05, 0) is 39.8 Å². The number of carbonyl (C=O) groups excluding carboxylic acids is 1. The number of aliphatic carboxylic acids is 1. The number of carbonyl (C=O) groups is 2.